The summed E-state index contributed by atoms with van der Waals surface area (Å²) in [5.74, 6) is -2.29. The van der Waals surface area contributed by atoms with Gasteiger partial charge >= 0.3 is 0 Å². The van der Waals surface area contributed by atoms with E-state index in [4.69, 9.17) is 0 Å². The molecule has 0 radical (unpaired) electrons. The van der Waals surface area contributed by atoms with Crippen molar-refractivity contribution in [1.29, 1.82) is 0 Å². The first-order valence-corrected chi connectivity index (χ1v) is 6.81. The summed E-state index contributed by atoms with van der Waals surface area (Å²) < 4.78 is 40.1. The maximum atomic E-state index is 13.5. The van der Waals surface area contributed by atoms with Crippen LogP contribution in [0, 0.1) is 17.5 Å². The Balaban J connectivity index is 2.06. The van der Waals surface area contributed by atoms with Crippen LogP contribution in [-0.4, -0.2) is 11.2 Å². The van der Waals surface area contributed by atoms with E-state index in [-0.39, 0.29) is 12.8 Å². The Bertz CT molecular complexity index is 616. The van der Waals surface area contributed by atoms with E-state index in [0.29, 0.717) is 15.6 Å². The van der Waals surface area contributed by atoms with Crippen molar-refractivity contribution in [2.75, 3.05) is 0 Å². The molecule has 0 amide bonds. The van der Waals surface area contributed by atoms with Crippen LogP contribution >= 0.6 is 15.9 Å². The lowest BCUT2D eigenvalue weighted by Gasteiger charge is -2.12. The van der Waals surface area contributed by atoms with Crippen molar-refractivity contribution in [3.63, 3.8) is 0 Å². The van der Waals surface area contributed by atoms with Gasteiger partial charge in [-0.1, -0.05) is 22.0 Å². The van der Waals surface area contributed by atoms with Gasteiger partial charge in [0.1, 0.15) is 5.82 Å². The van der Waals surface area contributed by atoms with Crippen molar-refractivity contribution < 1.29 is 18.3 Å². The van der Waals surface area contributed by atoms with E-state index in [2.05, 4.69) is 15.9 Å². The van der Waals surface area contributed by atoms with Crippen molar-refractivity contribution in [2.45, 2.75) is 18.9 Å². The van der Waals surface area contributed by atoms with Crippen molar-refractivity contribution in [3.05, 3.63) is 69.4 Å². The van der Waals surface area contributed by atoms with Crippen LogP contribution in [0.5, 0.6) is 0 Å². The van der Waals surface area contributed by atoms with Gasteiger partial charge in [-0.3, -0.25) is 0 Å². The third-order valence-electron chi connectivity index (χ3n) is 2.92. The topological polar surface area (TPSA) is 20.2 Å². The molecule has 0 bridgehead atoms. The van der Waals surface area contributed by atoms with Gasteiger partial charge in [0, 0.05) is 10.9 Å². The number of aliphatic hydroxyl groups is 1. The van der Waals surface area contributed by atoms with E-state index in [1.807, 2.05) is 0 Å². The summed E-state index contributed by atoms with van der Waals surface area (Å²) in [6, 6.07) is 7.92. The summed E-state index contributed by atoms with van der Waals surface area (Å²) >= 11 is 3.23. The zero-order valence-corrected chi connectivity index (χ0v) is 12.0. The molecule has 106 valence electrons. The Morgan fingerprint density at radius 1 is 0.900 bits per heavy atom. The standard InChI is InChI=1S/C15H12BrF3O/c16-11-2-4-13(17)10(7-11)8-12(20)5-9-1-3-14(18)15(19)6-9/h1-4,6-7,12,20H,5,8H2. The summed E-state index contributed by atoms with van der Waals surface area (Å²) in [5, 5.41) is 9.93. The van der Waals surface area contributed by atoms with Gasteiger partial charge < -0.3 is 5.11 Å². The molecule has 1 N–H and O–H groups in total. The number of aliphatic hydroxyl groups excluding tert-OH is 1. The fourth-order valence-electron chi connectivity index (χ4n) is 1.96. The van der Waals surface area contributed by atoms with Gasteiger partial charge in [0.05, 0.1) is 6.10 Å². The quantitative estimate of drug-likeness (QED) is 0.888. The highest BCUT2D eigenvalue weighted by molar-refractivity contribution is 9.10. The third kappa shape index (κ3) is 3.84. The third-order valence-corrected chi connectivity index (χ3v) is 3.41. The second kappa shape index (κ2) is 6.41. The molecule has 2 aromatic carbocycles. The Kier molecular flexibility index (Phi) is 4.83. The molecule has 2 aromatic rings. The molecule has 0 aliphatic carbocycles. The van der Waals surface area contributed by atoms with E-state index in [1.165, 1.54) is 12.1 Å². The first kappa shape index (κ1) is 15.1. The number of benzene rings is 2. The lowest BCUT2D eigenvalue weighted by molar-refractivity contribution is 0.174. The largest absolute Gasteiger partial charge is 0.392 e. The van der Waals surface area contributed by atoms with E-state index in [9.17, 15) is 18.3 Å². The molecule has 0 aliphatic rings. The van der Waals surface area contributed by atoms with Gasteiger partial charge in [0.25, 0.3) is 0 Å². The van der Waals surface area contributed by atoms with Crippen molar-refractivity contribution in [1.82, 2.24) is 0 Å². The molecule has 0 spiro atoms. The van der Waals surface area contributed by atoms with Gasteiger partial charge in [-0.05, 0) is 47.9 Å². The maximum Gasteiger partial charge on any atom is 0.159 e. The lowest BCUT2D eigenvalue weighted by Crippen LogP contribution is -2.15. The minimum atomic E-state index is -0.955. The van der Waals surface area contributed by atoms with Gasteiger partial charge in [-0.15, -0.1) is 0 Å². The van der Waals surface area contributed by atoms with Crippen molar-refractivity contribution in [2.24, 2.45) is 0 Å². The first-order valence-electron chi connectivity index (χ1n) is 6.01. The van der Waals surface area contributed by atoms with Crippen LogP contribution in [0.15, 0.2) is 40.9 Å². The van der Waals surface area contributed by atoms with Gasteiger partial charge in [-0.2, -0.15) is 0 Å². The highest BCUT2D eigenvalue weighted by atomic mass is 79.9. The van der Waals surface area contributed by atoms with Crippen LogP contribution in [0.25, 0.3) is 0 Å². The number of rotatable bonds is 4. The fraction of sp³-hybridized carbons (Fsp3) is 0.200. The zero-order valence-electron chi connectivity index (χ0n) is 10.4. The smallest absolute Gasteiger partial charge is 0.159 e. The average molecular weight is 345 g/mol. The van der Waals surface area contributed by atoms with E-state index < -0.39 is 23.6 Å². The summed E-state index contributed by atoms with van der Waals surface area (Å²) in [4.78, 5) is 0. The summed E-state index contributed by atoms with van der Waals surface area (Å²) in [6.45, 7) is 0. The summed E-state index contributed by atoms with van der Waals surface area (Å²) in [5.41, 5.74) is 0.835. The molecule has 1 nitrogen and oxygen atoms in total. The summed E-state index contributed by atoms with van der Waals surface area (Å²) in [6.07, 6.45) is -0.642. The normalized spacial score (nSPS) is 12.4. The Hall–Kier alpha value is -1.33. The van der Waals surface area contributed by atoms with Crippen molar-refractivity contribution >= 4 is 15.9 Å². The average Bonchev–Trinajstić information content (AvgIpc) is 2.38. The van der Waals surface area contributed by atoms with Crippen LogP contribution < -0.4 is 0 Å². The second-order valence-electron chi connectivity index (χ2n) is 4.55. The Labute approximate surface area is 123 Å². The number of hydrogen-bond acceptors (Lipinski definition) is 1. The highest BCUT2D eigenvalue weighted by Gasteiger charge is 2.12. The minimum absolute atomic E-state index is 0.101. The molecule has 20 heavy (non-hydrogen) atoms. The molecule has 0 aromatic heterocycles. The number of halogens is 4. The predicted molar refractivity (Wildman–Crippen MR) is 73.9 cm³/mol. The van der Waals surface area contributed by atoms with Crippen LogP contribution in [-0.2, 0) is 12.8 Å². The zero-order chi connectivity index (χ0) is 14.7. The molecule has 0 fully saturated rings. The van der Waals surface area contributed by atoms with E-state index in [0.717, 1.165) is 12.1 Å². The highest BCUT2D eigenvalue weighted by Crippen LogP contribution is 2.18. The molecular weight excluding hydrogens is 333 g/mol. The molecule has 0 saturated carbocycles. The minimum Gasteiger partial charge on any atom is -0.392 e. The monoisotopic (exact) mass is 344 g/mol. The first-order chi connectivity index (χ1) is 9.45. The second-order valence-corrected chi connectivity index (χ2v) is 5.46. The van der Waals surface area contributed by atoms with E-state index in [1.54, 1.807) is 12.1 Å². The van der Waals surface area contributed by atoms with Gasteiger partial charge in [-0.25, -0.2) is 13.2 Å². The molecule has 0 saturated heterocycles. The molecule has 2 rings (SSSR count). The molecule has 0 heterocycles. The summed E-state index contributed by atoms with van der Waals surface area (Å²) in [7, 11) is 0. The molecule has 5 heteroatoms. The van der Waals surface area contributed by atoms with E-state index >= 15 is 0 Å². The van der Waals surface area contributed by atoms with Crippen LogP contribution in [0.1, 0.15) is 11.1 Å². The van der Waals surface area contributed by atoms with Crippen LogP contribution in [0.3, 0.4) is 0 Å². The fourth-order valence-corrected chi connectivity index (χ4v) is 2.37. The lowest BCUT2D eigenvalue weighted by atomic mass is 10.0. The number of hydrogen-bond donors (Lipinski definition) is 1. The van der Waals surface area contributed by atoms with Gasteiger partial charge in [0.2, 0.25) is 0 Å². The molecule has 0 aliphatic heterocycles. The molecule has 1 unspecified atom stereocenters. The Morgan fingerprint density at radius 3 is 2.30 bits per heavy atom. The maximum absolute atomic E-state index is 13.5. The Morgan fingerprint density at radius 2 is 1.60 bits per heavy atom. The molecule has 1 atom stereocenters. The SMILES string of the molecule is OC(Cc1ccc(F)c(F)c1)Cc1cc(Br)ccc1F. The van der Waals surface area contributed by atoms with Crippen LogP contribution in [0.2, 0.25) is 0 Å². The molecular formula is C15H12BrF3O. The van der Waals surface area contributed by atoms with Crippen molar-refractivity contribution in [3.8, 4) is 0 Å². The van der Waals surface area contributed by atoms with Crippen LogP contribution in [0.4, 0.5) is 13.2 Å². The van der Waals surface area contributed by atoms with Gasteiger partial charge in [0.15, 0.2) is 11.6 Å². The predicted octanol–water partition coefficient (Wildman–Crippen LogP) is 4.01.